The number of carbonyl (C=O) groups excluding carboxylic acids is 1. The number of aromatic nitrogens is 3. The third-order valence-electron chi connectivity index (χ3n) is 5.75. The number of amides is 1. The van der Waals surface area contributed by atoms with Crippen molar-refractivity contribution in [3.05, 3.63) is 81.8 Å². The van der Waals surface area contributed by atoms with Crippen molar-refractivity contribution in [1.82, 2.24) is 14.2 Å². The summed E-state index contributed by atoms with van der Waals surface area (Å²) in [5.41, 5.74) is 5.39. The Morgan fingerprint density at radius 2 is 1.75 bits per heavy atom. The first kappa shape index (κ1) is 21.4. The summed E-state index contributed by atoms with van der Waals surface area (Å²) in [6.07, 6.45) is 0.548. The second kappa shape index (κ2) is 8.70. The highest BCUT2D eigenvalue weighted by molar-refractivity contribution is 5.90. The van der Waals surface area contributed by atoms with Crippen LogP contribution in [0.15, 0.2) is 59.4 Å². The molecule has 7 nitrogen and oxygen atoms in total. The maximum atomic E-state index is 13.2. The van der Waals surface area contributed by atoms with Crippen LogP contribution >= 0.6 is 0 Å². The molecule has 1 N–H and O–H groups in total. The van der Waals surface area contributed by atoms with E-state index in [2.05, 4.69) is 10.4 Å². The molecule has 2 aromatic heterocycles. The van der Waals surface area contributed by atoms with Crippen LogP contribution in [0.5, 0.6) is 5.75 Å². The van der Waals surface area contributed by atoms with Crippen LogP contribution < -0.4 is 15.6 Å². The van der Waals surface area contributed by atoms with Gasteiger partial charge in [-0.05, 0) is 56.7 Å². The van der Waals surface area contributed by atoms with Gasteiger partial charge in [0.2, 0.25) is 5.91 Å². The Kier molecular flexibility index (Phi) is 5.81. The van der Waals surface area contributed by atoms with Crippen molar-refractivity contribution >= 4 is 17.2 Å². The molecule has 7 heteroatoms. The van der Waals surface area contributed by atoms with Crippen LogP contribution in [0.25, 0.3) is 16.9 Å². The molecule has 0 saturated carbocycles. The molecule has 0 bridgehead atoms. The number of methoxy groups -OCH3 is 1. The number of aryl methyl sites for hydroxylation is 2. The number of benzene rings is 2. The first-order valence-electron chi connectivity index (χ1n) is 10.5. The van der Waals surface area contributed by atoms with Gasteiger partial charge in [-0.15, -0.1) is 0 Å². The van der Waals surface area contributed by atoms with E-state index in [-0.39, 0.29) is 17.9 Å². The van der Waals surface area contributed by atoms with E-state index >= 15 is 0 Å². The van der Waals surface area contributed by atoms with Gasteiger partial charge in [-0.1, -0.05) is 17.7 Å². The van der Waals surface area contributed by atoms with Gasteiger partial charge < -0.3 is 14.6 Å². The smallest absolute Gasteiger partial charge is 0.277 e. The molecule has 32 heavy (non-hydrogen) atoms. The van der Waals surface area contributed by atoms with Crippen molar-refractivity contribution in [2.75, 3.05) is 12.4 Å². The minimum atomic E-state index is -0.196. The normalized spacial score (nSPS) is 11.0. The molecule has 0 spiro atoms. The summed E-state index contributed by atoms with van der Waals surface area (Å²) in [6.45, 7) is 3.89. The lowest BCUT2D eigenvalue weighted by atomic mass is 10.1. The molecule has 2 heterocycles. The van der Waals surface area contributed by atoms with Crippen molar-refractivity contribution in [2.24, 2.45) is 7.05 Å². The number of anilines is 1. The fourth-order valence-electron chi connectivity index (χ4n) is 3.71. The molecule has 0 unspecified atom stereocenters. The number of rotatable bonds is 6. The lowest BCUT2D eigenvalue weighted by molar-refractivity contribution is -0.116. The van der Waals surface area contributed by atoms with Crippen molar-refractivity contribution in [3.63, 3.8) is 0 Å². The highest BCUT2D eigenvalue weighted by atomic mass is 16.5. The molecule has 164 valence electrons. The number of hydrogen-bond donors (Lipinski definition) is 1. The van der Waals surface area contributed by atoms with Crippen LogP contribution in [0, 0.1) is 13.8 Å². The number of carbonyl (C=O) groups is 1. The lowest BCUT2D eigenvalue weighted by Crippen LogP contribution is -2.26. The topological polar surface area (TPSA) is 77.6 Å². The summed E-state index contributed by atoms with van der Waals surface area (Å²) in [5, 5.41) is 7.43. The average Bonchev–Trinajstić information content (AvgIpc) is 3.25. The van der Waals surface area contributed by atoms with Crippen LogP contribution in [0.1, 0.15) is 23.2 Å². The first-order chi connectivity index (χ1) is 15.4. The molecule has 1 amide bonds. The van der Waals surface area contributed by atoms with Crippen LogP contribution in [0.3, 0.4) is 0 Å². The average molecular weight is 431 g/mol. The van der Waals surface area contributed by atoms with E-state index in [0.29, 0.717) is 23.3 Å². The minimum Gasteiger partial charge on any atom is -0.497 e. The van der Waals surface area contributed by atoms with Gasteiger partial charge in [0.1, 0.15) is 11.4 Å². The highest BCUT2D eigenvalue weighted by Gasteiger charge is 2.17. The molecular formula is C25H26N4O3. The fourth-order valence-corrected chi connectivity index (χ4v) is 3.71. The van der Waals surface area contributed by atoms with Gasteiger partial charge in [0.05, 0.1) is 12.8 Å². The fraction of sp³-hybridized carbons (Fsp3) is 0.240. The number of nitrogens with zero attached hydrogens (tertiary/aromatic N) is 3. The van der Waals surface area contributed by atoms with E-state index in [1.165, 1.54) is 4.52 Å². The maximum Gasteiger partial charge on any atom is 0.277 e. The van der Waals surface area contributed by atoms with Gasteiger partial charge in [-0.3, -0.25) is 9.59 Å². The number of ether oxygens (including phenoxy) is 1. The van der Waals surface area contributed by atoms with Crippen molar-refractivity contribution in [3.8, 4) is 17.0 Å². The largest absolute Gasteiger partial charge is 0.497 e. The molecule has 0 atom stereocenters. The van der Waals surface area contributed by atoms with E-state index in [1.54, 1.807) is 7.11 Å². The molecule has 0 saturated heterocycles. The van der Waals surface area contributed by atoms with Crippen molar-refractivity contribution < 1.29 is 9.53 Å². The molecule has 0 radical (unpaired) electrons. The SMILES string of the molecule is COc1ccc(-c2cc3n(C)c(C)c(CCC(=O)Nc4ccc(C)cc4)c(=O)n3n2)cc1. The van der Waals surface area contributed by atoms with Gasteiger partial charge in [0, 0.05) is 42.0 Å². The molecule has 0 aliphatic heterocycles. The van der Waals surface area contributed by atoms with Crippen molar-refractivity contribution in [2.45, 2.75) is 26.7 Å². The zero-order valence-electron chi connectivity index (χ0n) is 18.7. The quantitative estimate of drug-likeness (QED) is 0.503. The van der Waals surface area contributed by atoms with E-state index in [9.17, 15) is 9.59 Å². The van der Waals surface area contributed by atoms with Gasteiger partial charge >= 0.3 is 0 Å². The molecule has 2 aromatic carbocycles. The summed E-state index contributed by atoms with van der Waals surface area (Å²) in [4.78, 5) is 25.6. The number of nitrogens with one attached hydrogen (secondary N) is 1. The standard InChI is InChI=1S/C25H26N4O3/c1-16-5-9-19(10-6-16)26-23(30)14-13-21-17(2)28(3)24-15-22(27-29(24)25(21)31)18-7-11-20(32-4)12-8-18/h5-12,15H,13-14H2,1-4H3,(H,26,30). The molecule has 0 aliphatic rings. The van der Waals surface area contributed by atoms with Crippen LogP contribution in [-0.2, 0) is 18.3 Å². The van der Waals surface area contributed by atoms with E-state index < -0.39 is 0 Å². The Morgan fingerprint density at radius 1 is 1.06 bits per heavy atom. The number of fused-ring (bicyclic) bond motifs is 1. The van der Waals surface area contributed by atoms with E-state index in [4.69, 9.17) is 4.74 Å². The first-order valence-corrected chi connectivity index (χ1v) is 10.5. The zero-order valence-corrected chi connectivity index (χ0v) is 18.7. The Balaban J connectivity index is 1.59. The molecule has 4 rings (SSSR count). The monoisotopic (exact) mass is 430 g/mol. The third-order valence-corrected chi connectivity index (χ3v) is 5.75. The lowest BCUT2D eigenvalue weighted by Gasteiger charge is -2.12. The Morgan fingerprint density at radius 3 is 2.41 bits per heavy atom. The van der Waals surface area contributed by atoms with Crippen LogP contribution in [-0.4, -0.2) is 27.2 Å². The number of hydrogen-bond acceptors (Lipinski definition) is 4. The van der Waals surface area contributed by atoms with Gasteiger partial charge in [-0.25, -0.2) is 0 Å². The summed E-state index contributed by atoms with van der Waals surface area (Å²) < 4.78 is 8.57. The van der Waals surface area contributed by atoms with Crippen molar-refractivity contribution in [1.29, 1.82) is 0 Å². The molecular weight excluding hydrogens is 404 g/mol. The summed E-state index contributed by atoms with van der Waals surface area (Å²) >= 11 is 0. The van der Waals surface area contributed by atoms with Crippen LogP contribution in [0.2, 0.25) is 0 Å². The van der Waals surface area contributed by atoms with E-state index in [0.717, 1.165) is 28.3 Å². The zero-order chi connectivity index (χ0) is 22.8. The molecule has 0 fully saturated rings. The Hall–Kier alpha value is -3.87. The van der Waals surface area contributed by atoms with Gasteiger partial charge in [0.15, 0.2) is 0 Å². The van der Waals surface area contributed by atoms with Gasteiger partial charge in [0.25, 0.3) is 5.56 Å². The second-order valence-electron chi connectivity index (χ2n) is 7.87. The third kappa shape index (κ3) is 4.14. The summed E-state index contributed by atoms with van der Waals surface area (Å²) in [5.74, 6) is 0.629. The predicted octanol–water partition coefficient (Wildman–Crippen LogP) is 3.90. The minimum absolute atomic E-state index is 0.130. The summed E-state index contributed by atoms with van der Waals surface area (Å²) in [7, 11) is 3.52. The molecule has 4 aromatic rings. The second-order valence-corrected chi connectivity index (χ2v) is 7.87. The summed E-state index contributed by atoms with van der Waals surface area (Å²) in [6, 6.07) is 17.1. The predicted molar refractivity (Wildman–Crippen MR) is 125 cm³/mol. The Labute approximate surface area is 186 Å². The van der Waals surface area contributed by atoms with Gasteiger partial charge in [-0.2, -0.15) is 9.61 Å². The Bertz CT molecular complexity index is 1330. The van der Waals surface area contributed by atoms with E-state index in [1.807, 2.05) is 80.1 Å². The highest BCUT2D eigenvalue weighted by Crippen LogP contribution is 2.23. The molecule has 0 aliphatic carbocycles. The maximum absolute atomic E-state index is 13.2. The van der Waals surface area contributed by atoms with Crippen LogP contribution in [0.4, 0.5) is 5.69 Å².